The standard InChI is InChI=1S/C15H22FNO3/c1-5-15(3,4)17-14(19)9-20-13-7-6-11(16)8-12(13)10(2)18/h6-8,10,18H,5,9H2,1-4H3,(H,17,19). The molecule has 5 heteroatoms. The van der Waals surface area contributed by atoms with E-state index in [9.17, 15) is 14.3 Å². The lowest BCUT2D eigenvalue weighted by molar-refractivity contribution is -0.124. The summed E-state index contributed by atoms with van der Waals surface area (Å²) >= 11 is 0. The van der Waals surface area contributed by atoms with Crippen LogP contribution < -0.4 is 10.1 Å². The van der Waals surface area contributed by atoms with E-state index in [4.69, 9.17) is 4.74 Å². The summed E-state index contributed by atoms with van der Waals surface area (Å²) < 4.78 is 18.5. The number of halogens is 1. The van der Waals surface area contributed by atoms with Gasteiger partial charge in [-0.3, -0.25) is 4.79 Å². The molecule has 4 nitrogen and oxygen atoms in total. The summed E-state index contributed by atoms with van der Waals surface area (Å²) in [5.74, 6) is -0.395. The van der Waals surface area contributed by atoms with E-state index in [0.717, 1.165) is 6.42 Å². The molecule has 0 saturated carbocycles. The molecule has 1 atom stereocenters. The third-order valence-electron chi connectivity index (χ3n) is 3.14. The molecular formula is C15H22FNO3. The molecule has 0 heterocycles. The van der Waals surface area contributed by atoms with Crippen LogP contribution in [0.15, 0.2) is 18.2 Å². The smallest absolute Gasteiger partial charge is 0.258 e. The first kappa shape index (κ1) is 16.4. The van der Waals surface area contributed by atoms with Crippen LogP contribution in [0.2, 0.25) is 0 Å². The van der Waals surface area contributed by atoms with E-state index in [1.165, 1.54) is 25.1 Å². The summed E-state index contributed by atoms with van der Waals surface area (Å²) in [5, 5.41) is 12.4. The van der Waals surface area contributed by atoms with Crippen molar-refractivity contribution in [2.45, 2.75) is 45.8 Å². The van der Waals surface area contributed by atoms with E-state index in [1.807, 2.05) is 20.8 Å². The Morgan fingerprint density at radius 1 is 1.50 bits per heavy atom. The fourth-order valence-corrected chi connectivity index (χ4v) is 1.62. The monoisotopic (exact) mass is 283 g/mol. The van der Waals surface area contributed by atoms with Gasteiger partial charge in [-0.05, 0) is 45.4 Å². The zero-order valence-electron chi connectivity index (χ0n) is 12.4. The Kier molecular flexibility index (Phi) is 5.51. The lowest BCUT2D eigenvalue weighted by atomic mass is 10.0. The molecule has 0 fully saturated rings. The fourth-order valence-electron chi connectivity index (χ4n) is 1.62. The van der Waals surface area contributed by atoms with E-state index in [2.05, 4.69) is 5.32 Å². The molecule has 0 aliphatic rings. The van der Waals surface area contributed by atoms with Gasteiger partial charge in [0.25, 0.3) is 5.91 Å². The highest BCUT2D eigenvalue weighted by molar-refractivity contribution is 5.78. The highest BCUT2D eigenvalue weighted by atomic mass is 19.1. The van der Waals surface area contributed by atoms with Crippen molar-refractivity contribution < 1.29 is 19.0 Å². The van der Waals surface area contributed by atoms with Crippen LogP contribution in [-0.4, -0.2) is 23.2 Å². The Balaban J connectivity index is 2.68. The summed E-state index contributed by atoms with van der Waals surface area (Å²) in [6.45, 7) is 7.16. The largest absolute Gasteiger partial charge is 0.483 e. The minimum absolute atomic E-state index is 0.172. The van der Waals surface area contributed by atoms with E-state index < -0.39 is 11.9 Å². The van der Waals surface area contributed by atoms with Crippen LogP contribution in [-0.2, 0) is 4.79 Å². The molecule has 20 heavy (non-hydrogen) atoms. The highest BCUT2D eigenvalue weighted by Gasteiger charge is 2.18. The quantitative estimate of drug-likeness (QED) is 0.843. The Bertz CT molecular complexity index is 472. The Hall–Kier alpha value is -1.62. The van der Waals surface area contributed by atoms with Crippen molar-refractivity contribution in [2.75, 3.05) is 6.61 Å². The van der Waals surface area contributed by atoms with Gasteiger partial charge >= 0.3 is 0 Å². The fraction of sp³-hybridized carbons (Fsp3) is 0.533. The van der Waals surface area contributed by atoms with Gasteiger partial charge in [0.2, 0.25) is 0 Å². The van der Waals surface area contributed by atoms with Crippen LogP contribution in [0.5, 0.6) is 5.75 Å². The Labute approximate surface area is 119 Å². The van der Waals surface area contributed by atoms with Crippen LogP contribution in [0.25, 0.3) is 0 Å². The highest BCUT2D eigenvalue weighted by Crippen LogP contribution is 2.25. The van der Waals surface area contributed by atoms with Gasteiger partial charge in [0, 0.05) is 11.1 Å². The average Bonchev–Trinajstić information content (AvgIpc) is 2.36. The van der Waals surface area contributed by atoms with Gasteiger partial charge in [-0.15, -0.1) is 0 Å². The molecular weight excluding hydrogens is 261 g/mol. The second kappa shape index (κ2) is 6.70. The number of aliphatic hydroxyl groups excluding tert-OH is 1. The minimum Gasteiger partial charge on any atom is -0.483 e. The van der Waals surface area contributed by atoms with Gasteiger partial charge in [0.15, 0.2) is 6.61 Å². The number of aliphatic hydroxyl groups is 1. The molecule has 0 aromatic heterocycles. The van der Waals surface area contributed by atoms with Crippen molar-refractivity contribution in [3.05, 3.63) is 29.6 Å². The number of ether oxygens (including phenoxy) is 1. The van der Waals surface area contributed by atoms with E-state index in [-0.39, 0.29) is 18.1 Å². The summed E-state index contributed by atoms with van der Waals surface area (Å²) in [6.07, 6.45) is -0.0651. The molecule has 1 rings (SSSR count). The van der Waals surface area contributed by atoms with Crippen molar-refractivity contribution >= 4 is 5.91 Å². The Morgan fingerprint density at radius 3 is 2.70 bits per heavy atom. The van der Waals surface area contributed by atoms with Gasteiger partial charge in [-0.25, -0.2) is 4.39 Å². The molecule has 112 valence electrons. The molecule has 1 aromatic carbocycles. The van der Waals surface area contributed by atoms with E-state index in [1.54, 1.807) is 0 Å². The number of amides is 1. The van der Waals surface area contributed by atoms with E-state index >= 15 is 0 Å². The first-order valence-corrected chi connectivity index (χ1v) is 6.66. The molecule has 1 aromatic rings. The van der Waals surface area contributed by atoms with Crippen LogP contribution in [0, 0.1) is 5.82 Å². The minimum atomic E-state index is -0.865. The molecule has 0 saturated heterocycles. The van der Waals surface area contributed by atoms with Gasteiger partial charge in [0.1, 0.15) is 11.6 Å². The molecule has 0 spiro atoms. The second-order valence-corrected chi connectivity index (χ2v) is 5.43. The zero-order chi connectivity index (χ0) is 15.3. The molecule has 0 bridgehead atoms. The summed E-state index contributed by atoms with van der Waals surface area (Å²) in [5.41, 5.74) is 0.0311. The predicted octanol–water partition coefficient (Wildman–Crippen LogP) is 2.56. The second-order valence-electron chi connectivity index (χ2n) is 5.43. The number of rotatable bonds is 6. The molecule has 1 unspecified atom stereocenters. The van der Waals surface area contributed by atoms with E-state index in [0.29, 0.717) is 11.3 Å². The van der Waals surface area contributed by atoms with Crippen molar-refractivity contribution in [1.82, 2.24) is 5.32 Å². The number of benzene rings is 1. The lowest BCUT2D eigenvalue weighted by Gasteiger charge is -2.24. The van der Waals surface area contributed by atoms with Crippen molar-refractivity contribution in [3.8, 4) is 5.75 Å². The number of hydrogen-bond acceptors (Lipinski definition) is 3. The first-order chi connectivity index (χ1) is 9.25. The SMILES string of the molecule is CCC(C)(C)NC(=O)COc1ccc(F)cc1C(C)O. The maximum atomic E-state index is 13.1. The number of hydrogen-bond donors (Lipinski definition) is 2. The number of carbonyl (C=O) groups is 1. The molecule has 0 radical (unpaired) electrons. The zero-order valence-corrected chi connectivity index (χ0v) is 12.4. The van der Waals surface area contributed by atoms with Crippen LogP contribution in [0.3, 0.4) is 0 Å². The van der Waals surface area contributed by atoms with Crippen molar-refractivity contribution in [3.63, 3.8) is 0 Å². The summed E-state index contributed by atoms with van der Waals surface area (Å²) in [7, 11) is 0. The normalized spacial score (nSPS) is 12.9. The lowest BCUT2D eigenvalue weighted by Crippen LogP contribution is -2.44. The van der Waals surface area contributed by atoms with Crippen LogP contribution in [0.4, 0.5) is 4.39 Å². The number of nitrogens with one attached hydrogen (secondary N) is 1. The van der Waals surface area contributed by atoms with Gasteiger partial charge < -0.3 is 15.2 Å². The molecule has 0 aliphatic carbocycles. The van der Waals surface area contributed by atoms with Crippen molar-refractivity contribution in [1.29, 1.82) is 0 Å². The van der Waals surface area contributed by atoms with Crippen molar-refractivity contribution in [2.24, 2.45) is 0 Å². The van der Waals surface area contributed by atoms with Gasteiger partial charge in [-0.2, -0.15) is 0 Å². The van der Waals surface area contributed by atoms with Crippen LogP contribution >= 0.6 is 0 Å². The first-order valence-electron chi connectivity index (χ1n) is 6.66. The van der Waals surface area contributed by atoms with Gasteiger partial charge in [0.05, 0.1) is 6.10 Å². The molecule has 0 aliphatic heterocycles. The molecule has 2 N–H and O–H groups in total. The molecule has 1 amide bonds. The summed E-state index contributed by atoms with van der Waals surface area (Å²) in [4.78, 5) is 11.8. The average molecular weight is 283 g/mol. The number of carbonyl (C=O) groups excluding carboxylic acids is 1. The predicted molar refractivity (Wildman–Crippen MR) is 75.0 cm³/mol. The third-order valence-corrected chi connectivity index (χ3v) is 3.14. The van der Waals surface area contributed by atoms with Gasteiger partial charge in [-0.1, -0.05) is 6.92 Å². The third kappa shape index (κ3) is 4.81. The maximum absolute atomic E-state index is 13.1. The Morgan fingerprint density at radius 2 is 2.15 bits per heavy atom. The topological polar surface area (TPSA) is 58.6 Å². The van der Waals surface area contributed by atoms with Crippen LogP contribution in [0.1, 0.15) is 45.8 Å². The maximum Gasteiger partial charge on any atom is 0.258 e. The summed E-state index contributed by atoms with van der Waals surface area (Å²) in [6, 6.07) is 3.85.